The zero-order valence-electron chi connectivity index (χ0n) is 15.0. The molecule has 2 aromatic carbocycles. The summed E-state index contributed by atoms with van der Waals surface area (Å²) < 4.78 is 7.58. The Morgan fingerprint density at radius 3 is 2.83 bits per heavy atom. The Bertz CT molecular complexity index is 1290. The van der Waals surface area contributed by atoms with Crippen LogP contribution in [0.15, 0.2) is 51.9 Å². The fourth-order valence-electron chi connectivity index (χ4n) is 2.82. The number of hydrogen-bond acceptors (Lipinski definition) is 8. The molecular weight excluding hydrogens is 382 g/mol. The summed E-state index contributed by atoms with van der Waals surface area (Å²) in [5.41, 5.74) is 2.09. The summed E-state index contributed by atoms with van der Waals surface area (Å²) in [7, 11) is 0. The molecule has 0 atom stereocenters. The molecule has 1 amide bonds. The lowest BCUT2D eigenvalue weighted by atomic mass is 10.2. The van der Waals surface area contributed by atoms with Gasteiger partial charge >= 0.3 is 5.76 Å². The predicted octanol–water partition coefficient (Wildman–Crippen LogP) is 1.43. The molecule has 0 aliphatic carbocycles. The van der Waals surface area contributed by atoms with E-state index < -0.39 is 16.6 Å². The van der Waals surface area contributed by atoms with Gasteiger partial charge in [0.2, 0.25) is 5.91 Å². The topological polar surface area (TPSA) is 151 Å². The van der Waals surface area contributed by atoms with E-state index in [1.165, 1.54) is 23.1 Å². The second-order valence-electron chi connectivity index (χ2n) is 6.17. The molecule has 146 valence electrons. The van der Waals surface area contributed by atoms with Crippen LogP contribution in [0.25, 0.3) is 16.8 Å². The number of carbonyl (C=O) groups is 1. The molecule has 0 bridgehead atoms. The summed E-state index contributed by atoms with van der Waals surface area (Å²) in [6.07, 6.45) is 1.42. The Morgan fingerprint density at radius 1 is 1.28 bits per heavy atom. The van der Waals surface area contributed by atoms with E-state index in [4.69, 9.17) is 4.42 Å². The molecule has 0 aliphatic heterocycles. The quantitative estimate of drug-likeness (QED) is 0.393. The van der Waals surface area contributed by atoms with Gasteiger partial charge in [0.15, 0.2) is 5.58 Å². The summed E-state index contributed by atoms with van der Waals surface area (Å²) in [6.45, 7) is 1.50. The molecular formula is C17H13N7O5. The lowest BCUT2D eigenvalue weighted by Gasteiger charge is -2.10. The SMILES string of the molecule is Cc1ccc(-n2cnnn2)cc1NC(=O)Cn1c(=O)oc2cc([N+](=O)[O-])ccc21. The average molecular weight is 395 g/mol. The van der Waals surface area contributed by atoms with Gasteiger partial charge in [-0.1, -0.05) is 6.07 Å². The maximum absolute atomic E-state index is 12.5. The number of fused-ring (bicyclic) bond motifs is 1. The van der Waals surface area contributed by atoms with E-state index in [2.05, 4.69) is 20.8 Å². The number of carbonyl (C=O) groups excluding carboxylic acids is 1. The number of amides is 1. The monoisotopic (exact) mass is 395 g/mol. The lowest BCUT2D eigenvalue weighted by Crippen LogP contribution is -2.25. The Balaban J connectivity index is 1.59. The molecule has 0 fully saturated rings. The van der Waals surface area contributed by atoms with Crippen LogP contribution in [0.3, 0.4) is 0 Å². The number of anilines is 1. The van der Waals surface area contributed by atoms with Crippen LogP contribution in [0.1, 0.15) is 5.56 Å². The number of nitrogens with one attached hydrogen (secondary N) is 1. The Hall–Kier alpha value is -4.35. The number of nitrogens with zero attached hydrogens (tertiary/aromatic N) is 6. The molecule has 4 aromatic rings. The minimum atomic E-state index is -0.783. The number of aryl methyl sites for hydroxylation is 1. The number of oxazole rings is 1. The van der Waals surface area contributed by atoms with Crippen LogP contribution in [0, 0.1) is 17.0 Å². The van der Waals surface area contributed by atoms with E-state index in [0.717, 1.165) is 16.2 Å². The highest BCUT2D eigenvalue weighted by Gasteiger charge is 2.17. The predicted molar refractivity (Wildman–Crippen MR) is 99.6 cm³/mol. The second-order valence-corrected chi connectivity index (χ2v) is 6.17. The van der Waals surface area contributed by atoms with Crippen LogP contribution in [-0.2, 0) is 11.3 Å². The Morgan fingerprint density at radius 2 is 2.10 bits per heavy atom. The van der Waals surface area contributed by atoms with Crippen LogP contribution < -0.4 is 11.1 Å². The highest BCUT2D eigenvalue weighted by Crippen LogP contribution is 2.21. The van der Waals surface area contributed by atoms with Crippen LogP contribution in [0.2, 0.25) is 0 Å². The van der Waals surface area contributed by atoms with E-state index >= 15 is 0 Å². The number of nitro benzene ring substituents is 1. The van der Waals surface area contributed by atoms with Crippen molar-refractivity contribution in [3.05, 3.63) is 69.0 Å². The molecule has 29 heavy (non-hydrogen) atoms. The largest absolute Gasteiger partial charge is 0.420 e. The summed E-state index contributed by atoms with van der Waals surface area (Å²) in [6, 6.07) is 9.04. The molecule has 0 saturated heterocycles. The molecule has 0 spiro atoms. The summed E-state index contributed by atoms with van der Waals surface area (Å²) >= 11 is 0. The van der Waals surface area contributed by atoms with Crippen LogP contribution in [0.4, 0.5) is 11.4 Å². The van der Waals surface area contributed by atoms with Crippen molar-refractivity contribution in [2.45, 2.75) is 13.5 Å². The molecule has 12 nitrogen and oxygen atoms in total. The standard InChI is InChI=1S/C17H13N7O5/c1-10-2-3-11(23-9-18-20-21-23)6-13(10)19-16(25)8-22-14-5-4-12(24(27)28)7-15(14)29-17(22)26/h2-7,9H,8H2,1H3,(H,19,25). The minimum Gasteiger partial charge on any atom is -0.407 e. The lowest BCUT2D eigenvalue weighted by molar-refractivity contribution is -0.384. The molecule has 1 N–H and O–H groups in total. The zero-order chi connectivity index (χ0) is 20.5. The molecule has 12 heteroatoms. The van der Waals surface area contributed by atoms with Crippen molar-refractivity contribution >= 4 is 28.4 Å². The van der Waals surface area contributed by atoms with Gasteiger partial charge in [0, 0.05) is 11.8 Å². The van der Waals surface area contributed by atoms with Crippen molar-refractivity contribution in [3.8, 4) is 5.69 Å². The van der Waals surface area contributed by atoms with Crippen molar-refractivity contribution in [1.82, 2.24) is 24.8 Å². The van der Waals surface area contributed by atoms with Crippen LogP contribution >= 0.6 is 0 Å². The fourth-order valence-corrected chi connectivity index (χ4v) is 2.82. The van der Waals surface area contributed by atoms with Gasteiger partial charge < -0.3 is 9.73 Å². The van der Waals surface area contributed by atoms with Crippen LogP contribution in [0.5, 0.6) is 0 Å². The molecule has 0 unspecified atom stereocenters. The van der Waals surface area contributed by atoms with Crippen molar-refractivity contribution in [1.29, 1.82) is 0 Å². The molecule has 2 aromatic heterocycles. The van der Waals surface area contributed by atoms with E-state index in [0.29, 0.717) is 11.4 Å². The molecule has 0 aliphatic rings. The third-order valence-corrected chi connectivity index (χ3v) is 4.27. The van der Waals surface area contributed by atoms with Gasteiger partial charge in [-0.2, -0.15) is 0 Å². The van der Waals surface area contributed by atoms with E-state index in [-0.39, 0.29) is 23.3 Å². The third-order valence-electron chi connectivity index (χ3n) is 4.27. The molecule has 2 heterocycles. The first-order valence-corrected chi connectivity index (χ1v) is 8.34. The highest BCUT2D eigenvalue weighted by atomic mass is 16.6. The van der Waals surface area contributed by atoms with Gasteiger partial charge in [-0.25, -0.2) is 9.48 Å². The summed E-state index contributed by atoms with van der Waals surface area (Å²) in [5, 5.41) is 24.5. The third kappa shape index (κ3) is 3.45. The van der Waals surface area contributed by atoms with Crippen molar-refractivity contribution in [2.24, 2.45) is 0 Å². The van der Waals surface area contributed by atoms with Gasteiger partial charge in [-0.15, -0.1) is 5.10 Å². The number of non-ortho nitro benzene ring substituents is 1. The smallest absolute Gasteiger partial charge is 0.407 e. The molecule has 0 saturated carbocycles. The maximum Gasteiger partial charge on any atom is 0.420 e. The van der Waals surface area contributed by atoms with Gasteiger partial charge in [0.1, 0.15) is 12.9 Å². The molecule has 0 radical (unpaired) electrons. The Kier molecular flexibility index (Phi) is 4.35. The second kappa shape index (κ2) is 6.99. The first kappa shape index (κ1) is 18.0. The summed E-state index contributed by atoms with van der Waals surface area (Å²) in [4.78, 5) is 34.9. The number of nitro groups is 1. The van der Waals surface area contributed by atoms with Gasteiger partial charge in [-0.05, 0) is 41.1 Å². The molecule has 4 rings (SSSR count). The number of benzene rings is 2. The first-order valence-electron chi connectivity index (χ1n) is 8.34. The van der Waals surface area contributed by atoms with E-state index in [9.17, 15) is 19.7 Å². The summed E-state index contributed by atoms with van der Waals surface area (Å²) in [5.74, 6) is -1.25. The Labute approximate surface area is 161 Å². The van der Waals surface area contributed by atoms with E-state index in [1.54, 1.807) is 18.2 Å². The minimum absolute atomic E-state index is 0.0360. The number of hydrogen-bond donors (Lipinski definition) is 1. The zero-order valence-corrected chi connectivity index (χ0v) is 15.0. The van der Waals surface area contributed by atoms with Crippen LogP contribution in [-0.4, -0.2) is 35.6 Å². The number of tetrazole rings is 1. The van der Waals surface area contributed by atoms with E-state index in [1.807, 2.05) is 6.92 Å². The first-order chi connectivity index (χ1) is 13.9. The number of aromatic nitrogens is 5. The van der Waals surface area contributed by atoms with Crippen molar-refractivity contribution in [2.75, 3.05) is 5.32 Å². The highest BCUT2D eigenvalue weighted by molar-refractivity contribution is 5.92. The fraction of sp³-hybridized carbons (Fsp3) is 0.118. The maximum atomic E-state index is 12.5. The van der Waals surface area contributed by atoms with Crippen molar-refractivity contribution < 1.29 is 14.1 Å². The number of rotatable bonds is 5. The van der Waals surface area contributed by atoms with Crippen molar-refractivity contribution in [3.63, 3.8) is 0 Å². The van der Waals surface area contributed by atoms with Gasteiger partial charge in [0.25, 0.3) is 5.69 Å². The normalized spacial score (nSPS) is 10.9. The van der Waals surface area contributed by atoms with Gasteiger partial charge in [-0.3, -0.25) is 19.5 Å². The average Bonchev–Trinajstić information content (AvgIpc) is 3.32. The van der Waals surface area contributed by atoms with Gasteiger partial charge in [0.05, 0.1) is 22.2 Å².